The summed E-state index contributed by atoms with van der Waals surface area (Å²) >= 11 is 1.77. The van der Waals surface area contributed by atoms with E-state index in [1.165, 1.54) is 10.7 Å². The van der Waals surface area contributed by atoms with Crippen molar-refractivity contribution >= 4 is 23.7 Å². The number of nitrogens with one attached hydrogen (secondary N) is 1. The second-order valence-electron chi connectivity index (χ2n) is 5.07. The Hall–Kier alpha value is -0.120. The van der Waals surface area contributed by atoms with E-state index in [9.17, 15) is 0 Å². The Morgan fingerprint density at radius 3 is 2.56 bits per heavy atom. The Labute approximate surface area is 109 Å². The van der Waals surface area contributed by atoms with Crippen LogP contribution in [0, 0.1) is 5.41 Å². The lowest BCUT2D eigenvalue weighted by atomic mass is 9.97. The molecule has 0 aliphatic rings. The zero-order valence-electron chi connectivity index (χ0n) is 10.7. The molecule has 16 heavy (non-hydrogen) atoms. The van der Waals surface area contributed by atoms with Crippen LogP contribution >= 0.6 is 23.7 Å². The van der Waals surface area contributed by atoms with Crippen LogP contribution in [0.2, 0.25) is 0 Å². The van der Waals surface area contributed by atoms with Gasteiger partial charge in [0.05, 0.1) is 10.7 Å². The SMILES string of the molecule is CCc1nc(CCNCC(C)(C)C)cs1.Cl. The van der Waals surface area contributed by atoms with Gasteiger partial charge in [0, 0.05) is 24.9 Å². The van der Waals surface area contributed by atoms with Crippen molar-refractivity contribution in [1.82, 2.24) is 10.3 Å². The van der Waals surface area contributed by atoms with Crippen LogP contribution in [0.3, 0.4) is 0 Å². The van der Waals surface area contributed by atoms with E-state index < -0.39 is 0 Å². The number of hydrogen-bond donors (Lipinski definition) is 1. The van der Waals surface area contributed by atoms with Crippen LogP contribution in [0.15, 0.2) is 5.38 Å². The quantitative estimate of drug-likeness (QED) is 0.824. The number of halogens is 1. The minimum Gasteiger partial charge on any atom is -0.316 e. The van der Waals surface area contributed by atoms with Gasteiger partial charge in [-0.05, 0) is 11.8 Å². The molecule has 0 amide bonds. The van der Waals surface area contributed by atoms with E-state index >= 15 is 0 Å². The lowest BCUT2D eigenvalue weighted by Gasteiger charge is -2.18. The van der Waals surface area contributed by atoms with Crippen molar-refractivity contribution < 1.29 is 0 Å². The Kier molecular flexibility index (Phi) is 7.20. The molecule has 0 atom stereocenters. The first-order valence-electron chi connectivity index (χ1n) is 5.65. The van der Waals surface area contributed by atoms with E-state index in [4.69, 9.17) is 0 Å². The van der Waals surface area contributed by atoms with Crippen molar-refractivity contribution in [3.05, 3.63) is 16.1 Å². The summed E-state index contributed by atoms with van der Waals surface area (Å²) in [6, 6.07) is 0. The Morgan fingerprint density at radius 1 is 1.38 bits per heavy atom. The maximum atomic E-state index is 4.54. The summed E-state index contributed by atoms with van der Waals surface area (Å²) in [5.41, 5.74) is 1.61. The van der Waals surface area contributed by atoms with Crippen molar-refractivity contribution in [2.75, 3.05) is 13.1 Å². The summed E-state index contributed by atoms with van der Waals surface area (Å²) in [5, 5.41) is 6.89. The lowest BCUT2D eigenvalue weighted by molar-refractivity contribution is 0.381. The van der Waals surface area contributed by atoms with E-state index in [0.717, 1.165) is 25.9 Å². The van der Waals surface area contributed by atoms with Crippen LogP contribution in [0.5, 0.6) is 0 Å². The summed E-state index contributed by atoms with van der Waals surface area (Å²) in [5.74, 6) is 0. The van der Waals surface area contributed by atoms with Crippen LogP contribution in [0.25, 0.3) is 0 Å². The van der Waals surface area contributed by atoms with E-state index in [-0.39, 0.29) is 12.4 Å². The van der Waals surface area contributed by atoms with E-state index in [0.29, 0.717) is 5.41 Å². The van der Waals surface area contributed by atoms with Crippen molar-refractivity contribution in [3.8, 4) is 0 Å². The molecule has 1 heterocycles. The topological polar surface area (TPSA) is 24.9 Å². The maximum Gasteiger partial charge on any atom is 0.0925 e. The summed E-state index contributed by atoms with van der Waals surface area (Å²) < 4.78 is 0. The molecule has 1 aromatic heterocycles. The zero-order chi connectivity index (χ0) is 11.3. The van der Waals surface area contributed by atoms with Gasteiger partial charge < -0.3 is 5.32 Å². The number of aromatic nitrogens is 1. The van der Waals surface area contributed by atoms with Gasteiger partial charge in [0.15, 0.2) is 0 Å². The monoisotopic (exact) mass is 262 g/mol. The molecule has 94 valence electrons. The fourth-order valence-corrected chi connectivity index (χ4v) is 2.09. The molecule has 0 unspecified atom stereocenters. The van der Waals surface area contributed by atoms with Gasteiger partial charge >= 0.3 is 0 Å². The molecule has 0 bridgehead atoms. The number of nitrogens with zero attached hydrogens (tertiary/aromatic N) is 1. The predicted octanol–water partition coefficient (Wildman–Crippen LogP) is 3.31. The second-order valence-corrected chi connectivity index (χ2v) is 6.02. The molecule has 0 saturated carbocycles. The van der Waals surface area contributed by atoms with Crippen LogP contribution < -0.4 is 5.32 Å². The Bertz CT molecular complexity index is 291. The highest BCUT2D eigenvalue weighted by molar-refractivity contribution is 7.09. The molecule has 2 nitrogen and oxygen atoms in total. The fraction of sp³-hybridized carbons (Fsp3) is 0.750. The van der Waals surface area contributed by atoms with E-state index in [1.54, 1.807) is 11.3 Å². The van der Waals surface area contributed by atoms with Gasteiger partial charge in [0.1, 0.15) is 0 Å². The third-order valence-corrected chi connectivity index (χ3v) is 3.16. The second kappa shape index (κ2) is 7.25. The number of hydrogen-bond acceptors (Lipinski definition) is 3. The van der Waals surface area contributed by atoms with Crippen molar-refractivity contribution in [2.45, 2.75) is 40.5 Å². The third kappa shape index (κ3) is 6.46. The summed E-state index contributed by atoms with van der Waals surface area (Å²) in [6.07, 6.45) is 2.10. The van der Waals surface area contributed by atoms with Crippen LogP contribution in [-0.4, -0.2) is 18.1 Å². The van der Waals surface area contributed by atoms with Gasteiger partial charge in [0.25, 0.3) is 0 Å². The van der Waals surface area contributed by atoms with Gasteiger partial charge in [-0.1, -0.05) is 27.7 Å². The maximum absolute atomic E-state index is 4.54. The summed E-state index contributed by atoms with van der Waals surface area (Å²) in [4.78, 5) is 4.54. The van der Waals surface area contributed by atoms with Gasteiger partial charge in [-0.15, -0.1) is 23.7 Å². The zero-order valence-corrected chi connectivity index (χ0v) is 12.3. The van der Waals surface area contributed by atoms with Crippen LogP contribution in [-0.2, 0) is 12.8 Å². The number of rotatable bonds is 5. The number of thiazole rings is 1. The highest BCUT2D eigenvalue weighted by Gasteiger charge is 2.08. The summed E-state index contributed by atoms with van der Waals surface area (Å²) in [6.45, 7) is 11.0. The average molecular weight is 263 g/mol. The molecular formula is C12H23ClN2S. The molecule has 0 aliphatic carbocycles. The first kappa shape index (κ1) is 15.9. The molecule has 1 rings (SSSR count). The van der Waals surface area contributed by atoms with Crippen molar-refractivity contribution in [2.24, 2.45) is 5.41 Å². The third-order valence-electron chi connectivity index (χ3n) is 2.12. The van der Waals surface area contributed by atoms with Crippen molar-refractivity contribution in [3.63, 3.8) is 0 Å². The lowest BCUT2D eigenvalue weighted by Crippen LogP contribution is -2.28. The molecule has 0 aliphatic heterocycles. The molecule has 0 saturated heterocycles. The van der Waals surface area contributed by atoms with E-state index in [2.05, 4.69) is 43.4 Å². The van der Waals surface area contributed by atoms with Crippen LogP contribution in [0.1, 0.15) is 38.4 Å². The highest BCUT2D eigenvalue weighted by Crippen LogP contribution is 2.11. The van der Waals surface area contributed by atoms with Gasteiger partial charge in [0.2, 0.25) is 0 Å². The normalized spacial score (nSPS) is 11.2. The molecule has 1 N–H and O–H groups in total. The minimum atomic E-state index is 0. The molecule has 0 spiro atoms. The molecule has 0 aromatic carbocycles. The van der Waals surface area contributed by atoms with Crippen LogP contribution in [0.4, 0.5) is 0 Å². The van der Waals surface area contributed by atoms with Gasteiger partial charge in [-0.2, -0.15) is 0 Å². The smallest absolute Gasteiger partial charge is 0.0925 e. The van der Waals surface area contributed by atoms with Crippen molar-refractivity contribution in [1.29, 1.82) is 0 Å². The first-order chi connectivity index (χ1) is 7.01. The van der Waals surface area contributed by atoms with Gasteiger partial charge in [-0.25, -0.2) is 4.98 Å². The Morgan fingerprint density at radius 2 is 2.06 bits per heavy atom. The van der Waals surface area contributed by atoms with E-state index in [1.807, 2.05) is 0 Å². The molecule has 0 fully saturated rings. The molecule has 4 heteroatoms. The number of aryl methyl sites for hydroxylation is 1. The first-order valence-corrected chi connectivity index (χ1v) is 6.53. The average Bonchev–Trinajstić information content (AvgIpc) is 2.59. The standard InChI is InChI=1S/C12H22N2S.ClH/c1-5-11-14-10(8-15-11)6-7-13-9-12(2,3)4;/h8,13H,5-7,9H2,1-4H3;1H. The minimum absolute atomic E-state index is 0. The Balaban J connectivity index is 0.00000225. The molecule has 0 radical (unpaired) electrons. The molecule has 1 aromatic rings. The predicted molar refractivity (Wildman–Crippen MR) is 74.8 cm³/mol. The molecular weight excluding hydrogens is 240 g/mol. The highest BCUT2D eigenvalue weighted by atomic mass is 35.5. The fourth-order valence-electron chi connectivity index (χ4n) is 1.31. The van der Waals surface area contributed by atoms with Gasteiger partial charge in [-0.3, -0.25) is 0 Å². The largest absolute Gasteiger partial charge is 0.316 e. The summed E-state index contributed by atoms with van der Waals surface area (Å²) in [7, 11) is 0.